The molecule has 0 aromatic carbocycles. The van der Waals surface area contributed by atoms with Gasteiger partial charge in [0.1, 0.15) is 6.10 Å². The lowest BCUT2D eigenvalue weighted by Crippen LogP contribution is -2.46. The molecule has 0 spiro atoms. The van der Waals surface area contributed by atoms with E-state index in [1.807, 2.05) is 54.7 Å². The summed E-state index contributed by atoms with van der Waals surface area (Å²) in [5.74, 6) is -0.580. The summed E-state index contributed by atoms with van der Waals surface area (Å²) in [6.07, 6.45) is 62.1. The summed E-state index contributed by atoms with van der Waals surface area (Å²) in [5.41, 5.74) is 0. The van der Waals surface area contributed by atoms with Gasteiger partial charge >= 0.3 is 5.97 Å². The lowest BCUT2D eigenvalue weighted by molar-refractivity contribution is -0.151. The number of unbranched alkanes of at least 4 members (excludes halogenated alkanes) is 22. The van der Waals surface area contributed by atoms with E-state index in [1.165, 1.54) is 96.3 Å². The van der Waals surface area contributed by atoms with Gasteiger partial charge in [-0.05, 0) is 70.6 Å². The summed E-state index contributed by atoms with van der Waals surface area (Å²) in [4.78, 5) is 26.1. The molecule has 3 atom stereocenters. The van der Waals surface area contributed by atoms with Crippen LogP contribution in [-0.2, 0) is 14.3 Å². The zero-order valence-electron chi connectivity index (χ0n) is 39.8. The molecule has 0 saturated carbocycles. The molecule has 0 radical (unpaired) electrons. The summed E-state index contributed by atoms with van der Waals surface area (Å²) in [7, 11) is 0. The highest BCUT2D eigenvalue weighted by molar-refractivity contribution is 5.77. The smallest absolute Gasteiger partial charge is 0.306 e. The van der Waals surface area contributed by atoms with E-state index in [9.17, 15) is 19.8 Å². The second-order valence-corrected chi connectivity index (χ2v) is 17.0. The number of aliphatic hydroxyl groups is 2. The topological polar surface area (TPSA) is 95.9 Å². The molecule has 3 unspecified atom stereocenters. The first-order chi connectivity index (χ1) is 30.0. The third-order valence-electron chi connectivity index (χ3n) is 11.1. The van der Waals surface area contributed by atoms with Crippen LogP contribution in [0, 0.1) is 0 Å². The molecule has 0 aliphatic carbocycles. The Kier molecular flexibility index (Phi) is 45.7. The van der Waals surface area contributed by atoms with Crippen molar-refractivity contribution in [2.24, 2.45) is 0 Å². The standard InChI is InChI=1S/C55H95NO5/c1-4-7-10-13-16-19-22-25-27-29-31-34-37-40-43-46-51(61-55(60)48-45-42-39-36-33-28-24-21-18-15-12-9-6-3)49-54(59)56-52(50-57)53(58)47-44-41-38-35-32-30-26-23-20-17-14-11-8-5-2/h9,12,15-16,18-19,21,24-25,27-28,33,36,39,51-53,57-58H,4-8,10-11,13-14,17,20,22-23,26,29-32,34-35,37-38,40-50H2,1-3H3,(H,56,59)/b12-9+,18-15+,19-16-,24-21-,27-25-,33-28-,39-36+. The average molecular weight is 850 g/mol. The van der Waals surface area contributed by atoms with Gasteiger partial charge in [0, 0.05) is 6.42 Å². The highest BCUT2D eigenvalue weighted by Gasteiger charge is 2.24. The predicted octanol–water partition coefficient (Wildman–Crippen LogP) is 15.2. The maximum atomic E-state index is 13.2. The highest BCUT2D eigenvalue weighted by atomic mass is 16.5. The molecule has 0 fully saturated rings. The number of allylic oxidation sites excluding steroid dienone is 14. The Morgan fingerprint density at radius 3 is 1.49 bits per heavy atom. The lowest BCUT2D eigenvalue weighted by atomic mass is 10.0. The molecule has 0 bridgehead atoms. The zero-order chi connectivity index (χ0) is 44.5. The predicted molar refractivity (Wildman–Crippen MR) is 264 cm³/mol. The van der Waals surface area contributed by atoms with Crippen molar-refractivity contribution in [1.82, 2.24) is 5.32 Å². The maximum Gasteiger partial charge on any atom is 0.306 e. The molecule has 0 aliphatic rings. The molecule has 61 heavy (non-hydrogen) atoms. The first kappa shape index (κ1) is 58.0. The van der Waals surface area contributed by atoms with Gasteiger partial charge in [-0.2, -0.15) is 0 Å². The summed E-state index contributed by atoms with van der Waals surface area (Å²) >= 11 is 0. The number of aliphatic hydroxyl groups excluding tert-OH is 2. The van der Waals surface area contributed by atoms with Crippen molar-refractivity contribution in [1.29, 1.82) is 0 Å². The fourth-order valence-corrected chi connectivity index (χ4v) is 7.25. The van der Waals surface area contributed by atoms with Crippen molar-refractivity contribution in [3.63, 3.8) is 0 Å². The normalized spacial score (nSPS) is 14.0. The van der Waals surface area contributed by atoms with Gasteiger partial charge < -0.3 is 20.3 Å². The maximum absolute atomic E-state index is 13.2. The van der Waals surface area contributed by atoms with E-state index in [0.717, 1.165) is 77.0 Å². The third kappa shape index (κ3) is 43.5. The van der Waals surface area contributed by atoms with Crippen LogP contribution >= 0.6 is 0 Å². The van der Waals surface area contributed by atoms with Crippen molar-refractivity contribution < 1.29 is 24.5 Å². The fraction of sp³-hybridized carbons (Fsp3) is 0.709. The number of rotatable bonds is 44. The molecule has 0 aliphatic heterocycles. The number of esters is 1. The number of amides is 1. The first-order valence-electron chi connectivity index (χ1n) is 25.4. The van der Waals surface area contributed by atoms with Gasteiger partial charge in [-0.1, -0.05) is 228 Å². The number of carbonyl (C=O) groups excluding carboxylic acids is 2. The van der Waals surface area contributed by atoms with Gasteiger partial charge in [-0.3, -0.25) is 9.59 Å². The summed E-state index contributed by atoms with van der Waals surface area (Å²) < 4.78 is 5.88. The molecule has 0 heterocycles. The molecular weight excluding hydrogens is 755 g/mol. The van der Waals surface area contributed by atoms with Crippen LogP contribution in [0.3, 0.4) is 0 Å². The van der Waals surface area contributed by atoms with E-state index in [4.69, 9.17) is 4.74 Å². The molecule has 6 nitrogen and oxygen atoms in total. The van der Waals surface area contributed by atoms with Gasteiger partial charge in [0.05, 0.1) is 25.2 Å². The Morgan fingerprint density at radius 1 is 0.508 bits per heavy atom. The molecule has 0 saturated heterocycles. The Labute approximate surface area is 376 Å². The van der Waals surface area contributed by atoms with Crippen molar-refractivity contribution in [3.8, 4) is 0 Å². The van der Waals surface area contributed by atoms with Crippen molar-refractivity contribution >= 4 is 11.9 Å². The van der Waals surface area contributed by atoms with E-state index in [2.05, 4.69) is 56.5 Å². The van der Waals surface area contributed by atoms with Gasteiger partial charge in [0.15, 0.2) is 0 Å². The van der Waals surface area contributed by atoms with Crippen LogP contribution in [-0.4, -0.2) is 46.9 Å². The van der Waals surface area contributed by atoms with E-state index >= 15 is 0 Å². The largest absolute Gasteiger partial charge is 0.462 e. The zero-order valence-corrected chi connectivity index (χ0v) is 39.8. The van der Waals surface area contributed by atoms with Gasteiger partial charge in [0.2, 0.25) is 5.91 Å². The Balaban J connectivity index is 4.71. The second-order valence-electron chi connectivity index (χ2n) is 17.0. The quantitative estimate of drug-likeness (QED) is 0.0246. The highest BCUT2D eigenvalue weighted by Crippen LogP contribution is 2.17. The minimum atomic E-state index is -0.808. The molecular formula is C55H95NO5. The van der Waals surface area contributed by atoms with Gasteiger partial charge in [-0.15, -0.1) is 0 Å². The molecule has 0 aromatic rings. The first-order valence-corrected chi connectivity index (χ1v) is 25.4. The van der Waals surface area contributed by atoms with Crippen LogP contribution in [0.4, 0.5) is 0 Å². The number of ether oxygens (including phenoxy) is 1. The lowest BCUT2D eigenvalue weighted by Gasteiger charge is -2.24. The van der Waals surface area contributed by atoms with Crippen LogP contribution in [0.2, 0.25) is 0 Å². The van der Waals surface area contributed by atoms with Crippen LogP contribution in [0.5, 0.6) is 0 Å². The number of hydrogen-bond donors (Lipinski definition) is 3. The van der Waals surface area contributed by atoms with Crippen molar-refractivity contribution in [2.75, 3.05) is 6.61 Å². The minimum absolute atomic E-state index is 0.0357. The van der Waals surface area contributed by atoms with Crippen LogP contribution in [0.1, 0.15) is 226 Å². The van der Waals surface area contributed by atoms with Crippen molar-refractivity contribution in [3.05, 3.63) is 85.1 Å². The number of carbonyl (C=O) groups is 2. The van der Waals surface area contributed by atoms with Crippen molar-refractivity contribution in [2.45, 2.75) is 244 Å². The number of nitrogens with one attached hydrogen (secondary N) is 1. The van der Waals surface area contributed by atoms with Crippen LogP contribution < -0.4 is 5.32 Å². The summed E-state index contributed by atoms with van der Waals surface area (Å²) in [5, 5.41) is 23.8. The van der Waals surface area contributed by atoms with E-state index in [0.29, 0.717) is 25.7 Å². The van der Waals surface area contributed by atoms with Crippen LogP contribution in [0.25, 0.3) is 0 Å². The molecule has 0 rings (SSSR count). The van der Waals surface area contributed by atoms with E-state index < -0.39 is 18.2 Å². The van der Waals surface area contributed by atoms with Gasteiger partial charge in [0.25, 0.3) is 0 Å². The SMILES string of the molecule is CC/C=C/C=C/C=C\C=C/C=C/CCCC(=O)OC(CCCCCCC/C=C\C/C=C\CCCCC)CC(=O)NC(CO)C(O)CCCCCCCCCCCCCCCC. The fourth-order valence-electron chi connectivity index (χ4n) is 7.25. The Morgan fingerprint density at radius 2 is 0.951 bits per heavy atom. The van der Waals surface area contributed by atoms with E-state index in [1.54, 1.807) is 0 Å². The Hall–Kier alpha value is -2.96. The summed E-state index contributed by atoms with van der Waals surface area (Å²) in [6, 6.07) is -0.725. The molecule has 1 amide bonds. The third-order valence-corrected chi connectivity index (χ3v) is 11.1. The molecule has 3 N–H and O–H groups in total. The Bertz CT molecular complexity index is 1180. The minimum Gasteiger partial charge on any atom is -0.462 e. The van der Waals surface area contributed by atoms with Gasteiger partial charge in [-0.25, -0.2) is 0 Å². The van der Waals surface area contributed by atoms with Crippen LogP contribution in [0.15, 0.2) is 85.1 Å². The molecule has 0 aromatic heterocycles. The molecule has 6 heteroatoms. The van der Waals surface area contributed by atoms with E-state index in [-0.39, 0.29) is 24.9 Å². The molecule has 350 valence electrons. The summed E-state index contributed by atoms with van der Waals surface area (Å²) in [6.45, 7) is 6.29. The second kappa shape index (κ2) is 48.1. The monoisotopic (exact) mass is 850 g/mol. The average Bonchev–Trinajstić information content (AvgIpc) is 3.25. The number of hydrogen-bond acceptors (Lipinski definition) is 5.